The Labute approximate surface area is 171 Å². The molecule has 0 spiro atoms. The summed E-state index contributed by atoms with van der Waals surface area (Å²) >= 11 is -0.267. The van der Waals surface area contributed by atoms with Gasteiger partial charge in [-0.3, -0.25) is 14.4 Å². The zero-order chi connectivity index (χ0) is 21.3. The average Bonchev–Trinajstić information content (AvgIpc) is 2.83. The molecular formula is C21H16CoO5P. The van der Waals surface area contributed by atoms with Crippen molar-refractivity contribution in [3.63, 3.8) is 0 Å². The third-order valence-corrected chi connectivity index (χ3v) is 8.59. The van der Waals surface area contributed by atoms with Gasteiger partial charge in [0.25, 0.3) is 20.4 Å². The molecule has 3 aromatic rings. The summed E-state index contributed by atoms with van der Waals surface area (Å²) in [7, 11) is -2.75. The Morgan fingerprint density at radius 1 is 0.536 bits per heavy atom. The number of hydrogen-bond acceptors (Lipinski definition) is 5. The van der Waals surface area contributed by atoms with Crippen LogP contribution in [0.5, 0.6) is 0 Å². The van der Waals surface area contributed by atoms with Gasteiger partial charge in [-0.15, -0.1) is 0 Å². The van der Waals surface area contributed by atoms with Crippen molar-refractivity contribution in [1.29, 1.82) is 0 Å². The van der Waals surface area contributed by atoms with E-state index in [0.717, 1.165) is 15.9 Å². The van der Waals surface area contributed by atoms with Gasteiger partial charge in [-0.2, -0.15) is 0 Å². The summed E-state index contributed by atoms with van der Waals surface area (Å²) in [6.45, 7) is 13.5. The topological polar surface area (TPSA) is 77.5 Å². The van der Waals surface area contributed by atoms with Crippen LogP contribution in [-0.2, 0) is 36.8 Å². The molecule has 0 N–H and O–H groups in total. The zero-order valence-corrected chi connectivity index (χ0v) is 16.6. The van der Waals surface area contributed by atoms with Gasteiger partial charge in [0.1, 0.15) is 0 Å². The first-order valence-electron chi connectivity index (χ1n) is 7.57. The number of carbonyl (C=O) groups excluding carboxylic acids is 3. The molecule has 3 aromatic carbocycles. The fourth-order valence-corrected chi connectivity index (χ4v) is 7.48. The van der Waals surface area contributed by atoms with E-state index in [9.17, 15) is 3.87 Å². The van der Waals surface area contributed by atoms with Gasteiger partial charge in [0.05, 0.1) is 0 Å². The van der Waals surface area contributed by atoms with Gasteiger partial charge >= 0.3 is 137 Å². The molecular weight excluding hydrogens is 422 g/mol. The van der Waals surface area contributed by atoms with Crippen molar-refractivity contribution >= 4 is 43.8 Å². The van der Waals surface area contributed by atoms with Crippen LogP contribution in [-0.4, -0.2) is 20.4 Å². The maximum atomic E-state index is 11.4. The zero-order valence-electron chi connectivity index (χ0n) is 14.5. The third-order valence-electron chi connectivity index (χ3n) is 3.67. The quantitative estimate of drug-likeness (QED) is 0.568. The van der Waals surface area contributed by atoms with Crippen LogP contribution < -0.4 is 15.9 Å². The molecule has 0 fully saturated rings. The van der Waals surface area contributed by atoms with Crippen LogP contribution in [0.4, 0.5) is 0 Å². The molecule has 0 aromatic heterocycles. The second-order valence-corrected chi connectivity index (χ2v) is 8.94. The van der Waals surface area contributed by atoms with Gasteiger partial charge in [-0.25, -0.2) is 0 Å². The Kier molecular flexibility index (Phi) is 14.0. The maximum absolute atomic E-state index is 11.4. The first-order valence-corrected chi connectivity index (χ1v) is 10.3. The molecule has 0 unspecified atom stereocenters. The molecule has 0 amide bonds. The van der Waals surface area contributed by atoms with E-state index in [-0.39, 0.29) is 15.0 Å². The van der Waals surface area contributed by atoms with Crippen LogP contribution in [0, 0.1) is 0 Å². The average molecular weight is 438 g/mol. The van der Waals surface area contributed by atoms with E-state index in [1.807, 2.05) is 54.6 Å². The van der Waals surface area contributed by atoms with Crippen molar-refractivity contribution in [2.45, 2.75) is 0 Å². The van der Waals surface area contributed by atoms with Crippen LogP contribution in [0.2, 0.25) is 0 Å². The van der Waals surface area contributed by atoms with E-state index in [1.54, 1.807) is 0 Å². The van der Waals surface area contributed by atoms with Crippen LogP contribution in [0.3, 0.4) is 0 Å². The van der Waals surface area contributed by atoms with Crippen molar-refractivity contribution in [2.24, 2.45) is 0 Å². The summed E-state index contributed by atoms with van der Waals surface area (Å²) in [4.78, 5) is 22.5. The first kappa shape index (κ1) is 25.4. The minimum absolute atomic E-state index is 0.267. The molecule has 6 radical (unpaired) electrons. The predicted octanol–water partition coefficient (Wildman–Crippen LogP) is 1.80. The molecule has 0 saturated carbocycles. The summed E-state index contributed by atoms with van der Waals surface area (Å²) in [6, 6.07) is 30.2. The van der Waals surface area contributed by atoms with Crippen molar-refractivity contribution in [3.8, 4) is 0 Å². The Hall–Kier alpha value is -2.63. The molecule has 0 aliphatic carbocycles. The van der Waals surface area contributed by atoms with Crippen LogP contribution in [0.15, 0.2) is 91.0 Å². The normalized spacial score (nSPS) is 10.0. The molecule has 3 rings (SSSR count). The second kappa shape index (κ2) is 15.4. The molecule has 144 valence electrons. The molecule has 0 bridgehead atoms. The Morgan fingerprint density at radius 3 is 1.00 bits per heavy atom. The predicted molar refractivity (Wildman–Crippen MR) is 105 cm³/mol. The Bertz CT molecular complexity index is 686. The molecule has 0 atom stereocenters. The van der Waals surface area contributed by atoms with E-state index in [0.29, 0.717) is 0 Å². The summed E-state index contributed by atoms with van der Waals surface area (Å²) < 4.78 is 17.4. The summed E-state index contributed by atoms with van der Waals surface area (Å²) in [6.07, 6.45) is 0. The van der Waals surface area contributed by atoms with E-state index >= 15 is 0 Å². The Balaban J connectivity index is 0.00000111. The van der Waals surface area contributed by atoms with Crippen molar-refractivity contribution in [3.05, 3.63) is 91.0 Å². The van der Waals surface area contributed by atoms with Gasteiger partial charge in [-0.05, 0) is 0 Å². The van der Waals surface area contributed by atoms with E-state index in [1.165, 1.54) is 0 Å². The summed E-state index contributed by atoms with van der Waals surface area (Å²) in [5, 5.41) is 3.24. The monoisotopic (exact) mass is 438 g/mol. The SMILES string of the molecule is [C]=O.[C]=O.[C]=O.[O]=[Co][O][PH](c1ccccc1)(c1ccccc1)c1ccccc1. The van der Waals surface area contributed by atoms with Crippen LogP contribution in [0.25, 0.3) is 0 Å². The fraction of sp³-hybridized carbons (Fsp3) is 0. The van der Waals surface area contributed by atoms with Crippen molar-refractivity contribution < 1.29 is 36.8 Å². The summed E-state index contributed by atoms with van der Waals surface area (Å²) in [5.41, 5.74) is 0. The van der Waals surface area contributed by atoms with Crippen LogP contribution >= 0.6 is 7.49 Å². The molecule has 0 saturated heterocycles. The number of hydrogen-bond donors (Lipinski definition) is 0. The van der Waals surface area contributed by atoms with Gasteiger partial charge in [0.2, 0.25) is 0 Å². The van der Waals surface area contributed by atoms with Gasteiger partial charge in [-0.1, -0.05) is 0 Å². The third kappa shape index (κ3) is 6.22. The van der Waals surface area contributed by atoms with Crippen LogP contribution in [0.1, 0.15) is 0 Å². The minimum atomic E-state index is -2.75. The van der Waals surface area contributed by atoms with Crippen molar-refractivity contribution in [2.75, 3.05) is 0 Å². The van der Waals surface area contributed by atoms with Crippen molar-refractivity contribution in [1.82, 2.24) is 0 Å². The van der Waals surface area contributed by atoms with E-state index in [2.05, 4.69) is 56.8 Å². The van der Waals surface area contributed by atoms with E-state index in [4.69, 9.17) is 18.0 Å². The molecule has 0 aliphatic heterocycles. The standard InChI is InChI=1S/C18H16OP.3CO.Co.O/c19-20(16-10-4-1-5-11-16,17-12-6-2-7-13-17)18-14-8-3-9-15-18;3*1-2;;/h1-15,20H;;;;;/q-1;;;;+1;. The van der Waals surface area contributed by atoms with Gasteiger partial charge < -0.3 is 0 Å². The number of rotatable bonds is 5. The molecule has 28 heavy (non-hydrogen) atoms. The molecule has 7 heteroatoms. The summed E-state index contributed by atoms with van der Waals surface area (Å²) in [5.74, 6) is 0. The first-order chi connectivity index (χ1) is 13.9. The second-order valence-electron chi connectivity index (χ2n) is 4.90. The van der Waals surface area contributed by atoms with E-state index < -0.39 is 7.49 Å². The van der Waals surface area contributed by atoms with Gasteiger partial charge in [0.15, 0.2) is 0 Å². The number of benzene rings is 3. The molecule has 5 nitrogen and oxygen atoms in total. The van der Waals surface area contributed by atoms with Gasteiger partial charge in [0, 0.05) is 0 Å². The fourth-order valence-electron chi connectivity index (χ4n) is 2.68. The molecule has 0 heterocycles. The Morgan fingerprint density at radius 2 is 0.786 bits per heavy atom. The molecule has 0 aliphatic rings.